The van der Waals surface area contributed by atoms with Gasteiger partial charge in [0, 0.05) is 35.6 Å². The number of carbonyl (C=O) groups is 1. The number of primary amides is 1. The Labute approximate surface area is 171 Å². The first kappa shape index (κ1) is 19.0. The van der Waals surface area contributed by atoms with E-state index >= 15 is 0 Å². The van der Waals surface area contributed by atoms with Crippen LogP contribution >= 0.6 is 11.3 Å². The molecule has 3 heterocycles. The van der Waals surface area contributed by atoms with Gasteiger partial charge in [0.15, 0.2) is 0 Å². The van der Waals surface area contributed by atoms with Crippen LogP contribution in [0, 0.1) is 12.7 Å². The van der Waals surface area contributed by atoms with Gasteiger partial charge in [-0.15, -0.1) is 11.3 Å². The molecule has 1 aromatic carbocycles. The second-order valence-electron chi connectivity index (χ2n) is 6.69. The van der Waals surface area contributed by atoms with Crippen molar-refractivity contribution in [1.29, 1.82) is 0 Å². The molecule has 0 fully saturated rings. The lowest BCUT2D eigenvalue weighted by atomic mass is 10.1. The molecule has 0 spiro atoms. The van der Waals surface area contributed by atoms with Crippen molar-refractivity contribution >= 4 is 17.2 Å². The number of aryl methyl sites for hydroxylation is 1. The zero-order valence-electron chi connectivity index (χ0n) is 15.8. The third kappa shape index (κ3) is 3.95. The number of hydrogen-bond acceptors (Lipinski definition) is 4. The van der Waals surface area contributed by atoms with Crippen LogP contribution in [0.15, 0.2) is 60.2 Å². The number of carbonyl (C=O) groups excluding carboxylic acids is 1. The number of halogens is 1. The lowest BCUT2D eigenvalue weighted by molar-refractivity contribution is 0.0999. The van der Waals surface area contributed by atoms with E-state index in [0.717, 1.165) is 33.2 Å². The topological polar surface area (TPSA) is 73.8 Å². The number of benzene rings is 1. The Bertz CT molecular complexity index is 1150. The molecule has 0 saturated heterocycles. The maximum Gasteiger partial charge on any atom is 0.250 e. The minimum atomic E-state index is -0.464. The molecule has 4 aromatic rings. The van der Waals surface area contributed by atoms with Gasteiger partial charge in [0.2, 0.25) is 0 Å². The Balaban J connectivity index is 1.69. The lowest BCUT2D eigenvalue weighted by Crippen LogP contribution is -2.13. The summed E-state index contributed by atoms with van der Waals surface area (Å²) in [6, 6.07) is 12.1. The van der Waals surface area contributed by atoms with E-state index in [0.29, 0.717) is 18.5 Å². The van der Waals surface area contributed by atoms with E-state index in [1.807, 2.05) is 24.4 Å². The molecule has 3 aromatic heterocycles. The van der Waals surface area contributed by atoms with E-state index in [-0.39, 0.29) is 5.82 Å². The van der Waals surface area contributed by atoms with Crippen molar-refractivity contribution in [3.63, 3.8) is 0 Å². The minimum Gasteiger partial charge on any atom is -0.366 e. The number of amides is 1. The highest BCUT2D eigenvalue weighted by Gasteiger charge is 2.19. The van der Waals surface area contributed by atoms with Crippen molar-refractivity contribution in [3.05, 3.63) is 82.9 Å². The van der Waals surface area contributed by atoms with E-state index in [9.17, 15) is 9.18 Å². The van der Waals surface area contributed by atoms with E-state index in [1.165, 1.54) is 23.5 Å². The largest absolute Gasteiger partial charge is 0.366 e. The number of pyridine rings is 1. The van der Waals surface area contributed by atoms with Crippen molar-refractivity contribution in [2.45, 2.75) is 19.9 Å². The molecule has 0 atom stereocenters. The van der Waals surface area contributed by atoms with Crippen LogP contribution in [0.5, 0.6) is 0 Å². The summed E-state index contributed by atoms with van der Waals surface area (Å²) in [5.74, 6) is -0.720. The van der Waals surface area contributed by atoms with Crippen molar-refractivity contribution in [2.24, 2.45) is 5.73 Å². The molecule has 2 N–H and O–H groups in total. The highest BCUT2D eigenvalue weighted by Crippen LogP contribution is 2.31. The van der Waals surface area contributed by atoms with Gasteiger partial charge >= 0.3 is 0 Å². The summed E-state index contributed by atoms with van der Waals surface area (Å²) >= 11 is 1.54. The van der Waals surface area contributed by atoms with E-state index in [2.05, 4.69) is 9.55 Å². The molecule has 0 radical (unpaired) electrons. The maximum atomic E-state index is 13.2. The quantitative estimate of drug-likeness (QED) is 0.514. The van der Waals surface area contributed by atoms with Gasteiger partial charge in [-0.2, -0.15) is 0 Å². The fourth-order valence-electron chi connectivity index (χ4n) is 3.31. The number of rotatable bonds is 6. The van der Waals surface area contributed by atoms with Crippen LogP contribution < -0.4 is 5.73 Å². The van der Waals surface area contributed by atoms with Gasteiger partial charge in [0.25, 0.3) is 5.91 Å². The number of thiazole rings is 1. The third-order valence-electron chi connectivity index (χ3n) is 4.86. The predicted molar refractivity (Wildman–Crippen MR) is 112 cm³/mol. The van der Waals surface area contributed by atoms with E-state index in [1.54, 1.807) is 30.6 Å². The maximum absolute atomic E-state index is 13.2. The molecule has 5 nitrogen and oxygen atoms in total. The molecule has 0 aliphatic heterocycles. The Morgan fingerprint density at radius 2 is 1.90 bits per heavy atom. The van der Waals surface area contributed by atoms with Gasteiger partial charge < -0.3 is 10.3 Å². The normalized spacial score (nSPS) is 11.0. The molecule has 0 aliphatic rings. The van der Waals surface area contributed by atoms with Crippen LogP contribution in [-0.2, 0) is 13.0 Å². The van der Waals surface area contributed by atoms with Crippen molar-refractivity contribution in [2.75, 3.05) is 0 Å². The summed E-state index contributed by atoms with van der Waals surface area (Å²) in [6.07, 6.45) is 4.16. The van der Waals surface area contributed by atoms with Gasteiger partial charge in [0.05, 0.1) is 17.0 Å². The monoisotopic (exact) mass is 406 g/mol. The summed E-state index contributed by atoms with van der Waals surface area (Å²) in [7, 11) is 0. The number of nitrogens with zero attached hydrogens (tertiary/aromatic N) is 3. The second-order valence-corrected chi connectivity index (χ2v) is 7.55. The first-order chi connectivity index (χ1) is 14.0. The zero-order valence-corrected chi connectivity index (χ0v) is 16.6. The zero-order chi connectivity index (χ0) is 20.4. The molecule has 1 amide bonds. The molecule has 7 heteroatoms. The fourth-order valence-corrected chi connectivity index (χ4v) is 4.13. The molecule has 0 saturated carbocycles. The van der Waals surface area contributed by atoms with Crippen LogP contribution in [0.1, 0.15) is 21.6 Å². The van der Waals surface area contributed by atoms with E-state index in [4.69, 9.17) is 10.7 Å². The van der Waals surface area contributed by atoms with Crippen molar-refractivity contribution in [1.82, 2.24) is 14.5 Å². The predicted octanol–water partition coefficient (Wildman–Crippen LogP) is 4.46. The van der Waals surface area contributed by atoms with Crippen LogP contribution in [0.2, 0.25) is 0 Å². The summed E-state index contributed by atoms with van der Waals surface area (Å²) < 4.78 is 15.2. The molecule has 29 heavy (non-hydrogen) atoms. The van der Waals surface area contributed by atoms with Crippen LogP contribution in [0.25, 0.3) is 22.0 Å². The summed E-state index contributed by atoms with van der Waals surface area (Å²) in [5.41, 5.74) is 10.5. The van der Waals surface area contributed by atoms with Gasteiger partial charge in [-0.1, -0.05) is 12.1 Å². The average Bonchev–Trinajstić information content (AvgIpc) is 3.33. The van der Waals surface area contributed by atoms with Crippen molar-refractivity contribution < 1.29 is 9.18 Å². The lowest BCUT2D eigenvalue weighted by Gasteiger charge is -2.11. The Morgan fingerprint density at radius 1 is 1.17 bits per heavy atom. The Kier molecular flexibility index (Phi) is 5.22. The van der Waals surface area contributed by atoms with Gasteiger partial charge in [-0.25, -0.2) is 9.37 Å². The third-order valence-corrected chi connectivity index (χ3v) is 5.75. The molecule has 146 valence electrons. The van der Waals surface area contributed by atoms with Crippen LogP contribution in [-0.4, -0.2) is 20.4 Å². The molecule has 0 aliphatic carbocycles. The van der Waals surface area contributed by atoms with Gasteiger partial charge in [0.1, 0.15) is 10.8 Å². The Morgan fingerprint density at radius 3 is 2.59 bits per heavy atom. The summed E-state index contributed by atoms with van der Waals surface area (Å²) in [5, 5.41) is 2.86. The van der Waals surface area contributed by atoms with Crippen molar-refractivity contribution in [3.8, 4) is 22.0 Å². The molecule has 0 unspecified atom stereocenters. The minimum absolute atomic E-state index is 0.256. The highest BCUT2D eigenvalue weighted by molar-refractivity contribution is 7.13. The molecular weight excluding hydrogens is 387 g/mol. The number of hydrogen-bond donors (Lipinski definition) is 1. The highest BCUT2D eigenvalue weighted by atomic mass is 32.1. The molecule has 4 rings (SSSR count). The van der Waals surface area contributed by atoms with Crippen LogP contribution in [0.4, 0.5) is 4.39 Å². The first-order valence-electron chi connectivity index (χ1n) is 9.13. The first-order valence-corrected chi connectivity index (χ1v) is 10.0. The molecule has 0 bridgehead atoms. The summed E-state index contributed by atoms with van der Waals surface area (Å²) in [6.45, 7) is 2.51. The average molecular weight is 406 g/mol. The van der Waals surface area contributed by atoms with Gasteiger partial charge in [-0.05, 0) is 49.2 Å². The van der Waals surface area contributed by atoms with Crippen LogP contribution in [0.3, 0.4) is 0 Å². The smallest absolute Gasteiger partial charge is 0.250 e. The fraction of sp³-hybridized carbons (Fsp3) is 0.136. The number of nitrogens with two attached hydrogens (primary N) is 1. The van der Waals surface area contributed by atoms with Gasteiger partial charge in [-0.3, -0.25) is 9.78 Å². The number of aromatic nitrogens is 3. The summed E-state index contributed by atoms with van der Waals surface area (Å²) in [4.78, 5) is 20.7. The Hall–Kier alpha value is -3.32. The molecular formula is C22H19FN4OS. The van der Waals surface area contributed by atoms with E-state index < -0.39 is 5.91 Å². The standard InChI is InChI=1S/C22H19FN4OS/c1-14-18(21(24)28)12-20(27(14)11-8-15-2-4-17(23)5-3-15)19-13-29-22(26-19)16-6-9-25-10-7-16/h2-7,9-10,12-13H,8,11H2,1H3,(H2,24,28). The SMILES string of the molecule is Cc1c(C(N)=O)cc(-c2csc(-c3ccncc3)n2)n1CCc1ccc(F)cc1. The second kappa shape index (κ2) is 7.97.